The van der Waals surface area contributed by atoms with Gasteiger partial charge in [0.1, 0.15) is 0 Å². The van der Waals surface area contributed by atoms with E-state index in [-0.39, 0.29) is 34.3 Å². The van der Waals surface area contributed by atoms with Crippen LogP contribution in [0.2, 0.25) is 0 Å². The molecule has 11 heteroatoms. The predicted octanol–water partition coefficient (Wildman–Crippen LogP) is 4.66. The third-order valence-electron chi connectivity index (χ3n) is 6.32. The lowest BCUT2D eigenvalue weighted by molar-refractivity contribution is -0.113. The SMILES string of the molecule is O=C(CSc1nnc(CCCCCN2C(=O)c3cccc4cccc(c34)C2=O)o1)Nc1ccc(C(=O)O)cc1. The number of benzene rings is 3. The number of nitrogens with zero attached hydrogens (tertiary/aromatic N) is 3. The number of aromatic carboxylic acids is 1. The standard InChI is InChI=1S/C28H24N4O6S/c33-22(29-19-13-11-18(12-14-19)27(36)37)16-39-28-31-30-23(38-28)10-2-1-3-15-32-25(34)20-8-4-6-17-7-5-9-21(24(17)20)26(32)35/h4-9,11-14H,1-3,10,15-16H2,(H,29,33)(H,36,37). The first-order chi connectivity index (χ1) is 18.9. The van der Waals surface area contributed by atoms with Crippen molar-refractivity contribution < 1.29 is 28.7 Å². The molecule has 5 rings (SSSR count). The molecule has 0 spiro atoms. The average Bonchev–Trinajstić information content (AvgIpc) is 3.40. The molecule has 3 aromatic carbocycles. The van der Waals surface area contributed by atoms with Crippen molar-refractivity contribution in [2.24, 2.45) is 0 Å². The molecule has 0 saturated carbocycles. The number of hydrogen-bond acceptors (Lipinski definition) is 8. The van der Waals surface area contributed by atoms with Gasteiger partial charge in [-0.15, -0.1) is 10.2 Å². The van der Waals surface area contributed by atoms with Crippen LogP contribution in [0.25, 0.3) is 10.8 Å². The number of carbonyl (C=O) groups excluding carboxylic acids is 3. The van der Waals surface area contributed by atoms with Crippen molar-refractivity contribution in [3.8, 4) is 0 Å². The smallest absolute Gasteiger partial charge is 0.335 e. The maximum absolute atomic E-state index is 13.0. The van der Waals surface area contributed by atoms with Gasteiger partial charge in [0.25, 0.3) is 17.0 Å². The van der Waals surface area contributed by atoms with Crippen LogP contribution >= 0.6 is 11.8 Å². The molecular weight excluding hydrogens is 520 g/mol. The third-order valence-corrected chi connectivity index (χ3v) is 7.14. The molecule has 1 aliphatic heterocycles. The largest absolute Gasteiger partial charge is 0.478 e. The molecular formula is C28H24N4O6S. The minimum absolute atomic E-state index is 0.0526. The van der Waals surface area contributed by atoms with Gasteiger partial charge in [0.15, 0.2) is 0 Å². The summed E-state index contributed by atoms with van der Waals surface area (Å²) in [5, 5.41) is 21.5. The summed E-state index contributed by atoms with van der Waals surface area (Å²) in [6, 6.07) is 16.9. The monoisotopic (exact) mass is 544 g/mol. The zero-order valence-corrected chi connectivity index (χ0v) is 21.6. The summed E-state index contributed by atoms with van der Waals surface area (Å²) in [7, 11) is 0. The van der Waals surface area contributed by atoms with Crippen LogP contribution in [0.1, 0.15) is 56.2 Å². The van der Waals surface area contributed by atoms with Crippen molar-refractivity contribution in [2.45, 2.75) is 30.9 Å². The van der Waals surface area contributed by atoms with Gasteiger partial charge in [0.05, 0.1) is 11.3 Å². The minimum Gasteiger partial charge on any atom is -0.478 e. The van der Waals surface area contributed by atoms with Gasteiger partial charge in [-0.3, -0.25) is 19.3 Å². The molecule has 1 aromatic heterocycles. The highest BCUT2D eigenvalue weighted by Crippen LogP contribution is 2.30. The van der Waals surface area contributed by atoms with E-state index in [9.17, 15) is 19.2 Å². The summed E-state index contributed by atoms with van der Waals surface area (Å²) in [5.41, 5.74) is 1.75. The number of carboxylic acids is 1. The number of aryl methyl sites for hydroxylation is 1. The van der Waals surface area contributed by atoms with E-state index in [0.29, 0.717) is 42.1 Å². The summed E-state index contributed by atoms with van der Waals surface area (Å²) >= 11 is 1.10. The van der Waals surface area contributed by atoms with E-state index in [4.69, 9.17) is 9.52 Å². The van der Waals surface area contributed by atoms with Crippen LogP contribution in [0.4, 0.5) is 5.69 Å². The van der Waals surface area contributed by atoms with Crippen LogP contribution in [0.5, 0.6) is 0 Å². The van der Waals surface area contributed by atoms with Crippen LogP contribution in [0.3, 0.4) is 0 Å². The second-order valence-corrected chi connectivity index (χ2v) is 9.89. The second-order valence-electron chi connectivity index (χ2n) is 8.96. The number of amides is 3. The zero-order chi connectivity index (χ0) is 27.4. The van der Waals surface area contributed by atoms with Gasteiger partial charge in [0, 0.05) is 35.2 Å². The Morgan fingerprint density at radius 3 is 2.26 bits per heavy atom. The third kappa shape index (κ3) is 5.83. The Kier molecular flexibility index (Phi) is 7.69. The van der Waals surface area contributed by atoms with Crippen LogP contribution < -0.4 is 5.32 Å². The number of hydrogen-bond donors (Lipinski definition) is 2. The molecule has 0 unspecified atom stereocenters. The number of aromatic nitrogens is 2. The molecule has 0 bridgehead atoms. The van der Waals surface area contributed by atoms with Crippen LogP contribution in [-0.4, -0.2) is 56.2 Å². The molecule has 3 amide bonds. The van der Waals surface area contributed by atoms with Gasteiger partial charge in [-0.1, -0.05) is 42.4 Å². The Morgan fingerprint density at radius 2 is 1.59 bits per heavy atom. The van der Waals surface area contributed by atoms with Gasteiger partial charge in [-0.2, -0.15) is 0 Å². The van der Waals surface area contributed by atoms with Gasteiger partial charge < -0.3 is 14.8 Å². The molecule has 10 nitrogen and oxygen atoms in total. The lowest BCUT2D eigenvalue weighted by Crippen LogP contribution is -2.40. The normalized spacial score (nSPS) is 12.7. The molecule has 0 saturated heterocycles. The highest BCUT2D eigenvalue weighted by molar-refractivity contribution is 7.99. The number of carboxylic acid groups (broad SMARTS) is 1. The number of unbranched alkanes of at least 4 members (excludes halogenated alkanes) is 2. The highest BCUT2D eigenvalue weighted by Gasteiger charge is 2.32. The topological polar surface area (TPSA) is 143 Å². The van der Waals surface area contributed by atoms with Crippen molar-refractivity contribution in [3.63, 3.8) is 0 Å². The number of rotatable bonds is 11. The Morgan fingerprint density at radius 1 is 0.897 bits per heavy atom. The highest BCUT2D eigenvalue weighted by atomic mass is 32.2. The fourth-order valence-electron chi connectivity index (χ4n) is 4.42. The predicted molar refractivity (Wildman–Crippen MR) is 144 cm³/mol. The summed E-state index contributed by atoms with van der Waals surface area (Å²) in [6.45, 7) is 0.335. The van der Waals surface area contributed by atoms with Crippen molar-refractivity contribution >= 4 is 51.9 Å². The lowest BCUT2D eigenvalue weighted by Gasteiger charge is -2.27. The first-order valence-electron chi connectivity index (χ1n) is 12.4. The van der Waals surface area contributed by atoms with Crippen LogP contribution in [0, 0.1) is 0 Å². The summed E-state index contributed by atoms with van der Waals surface area (Å²) < 4.78 is 5.61. The number of imide groups is 1. The molecule has 2 heterocycles. The van der Waals surface area contributed by atoms with E-state index in [2.05, 4.69) is 15.5 Å². The number of carbonyl (C=O) groups is 4. The fraction of sp³-hybridized carbons (Fsp3) is 0.214. The van der Waals surface area contributed by atoms with Crippen LogP contribution in [0.15, 0.2) is 70.3 Å². The Hall–Kier alpha value is -4.51. The van der Waals surface area contributed by atoms with E-state index in [0.717, 1.165) is 35.4 Å². The van der Waals surface area contributed by atoms with E-state index in [1.165, 1.54) is 29.2 Å². The first kappa shape index (κ1) is 26.1. The van der Waals surface area contributed by atoms with Gasteiger partial charge >= 0.3 is 5.97 Å². The number of nitrogens with one attached hydrogen (secondary N) is 1. The molecule has 198 valence electrons. The van der Waals surface area contributed by atoms with E-state index < -0.39 is 5.97 Å². The van der Waals surface area contributed by atoms with Crippen molar-refractivity contribution in [1.29, 1.82) is 0 Å². The fourth-order valence-corrected chi connectivity index (χ4v) is 5.00. The molecule has 39 heavy (non-hydrogen) atoms. The molecule has 4 aromatic rings. The zero-order valence-electron chi connectivity index (χ0n) is 20.8. The summed E-state index contributed by atoms with van der Waals surface area (Å²) in [4.78, 5) is 50.3. The molecule has 0 fully saturated rings. The van der Waals surface area contributed by atoms with E-state index in [1.54, 1.807) is 12.1 Å². The minimum atomic E-state index is -1.04. The van der Waals surface area contributed by atoms with Gasteiger partial charge in [-0.25, -0.2) is 4.79 Å². The van der Waals surface area contributed by atoms with E-state index in [1.807, 2.05) is 24.3 Å². The van der Waals surface area contributed by atoms with Crippen molar-refractivity contribution in [2.75, 3.05) is 17.6 Å². The quantitative estimate of drug-likeness (QED) is 0.157. The first-order valence-corrected chi connectivity index (χ1v) is 13.4. The Labute approximate surface area is 227 Å². The Bertz CT molecular complexity index is 1520. The summed E-state index contributed by atoms with van der Waals surface area (Å²) in [6.07, 6.45) is 2.69. The van der Waals surface area contributed by atoms with Gasteiger partial charge in [0.2, 0.25) is 11.8 Å². The van der Waals surface area contributed by atoms with Crippen molar-refractivity contribution in [3.05, 3.63) is 83.2 Å². The Balaban J connectivity index is 1.04. The molecule has 1 aliphatic rings. The lowest BCUT2D eigenvalue weighted by atomic mass is 9.94. The summed E-state index contributed by atoms with van der Waals surface area (Å²) in [5.74, 6) is -1.34. The molecule has 0 aliphatic carbocycles. The van der Waals surface area contributed by atoms with Crippen molar-refractivity contribution in [1.82, 2.24) is 15.1 Å². The molecule has 2 N–H and O–H groups in total. The maximum Gasteiger partial charge on any atom is 0.335 e. The second kappa shape index (κ2) is 11.5. The van der Waals surface area contributed by atoms with Gasteiger partial charge in [-0.05, 0) is 54.6 Å². The average molecular weight is 545 g/mol. The maximum atomic E-state index is 13.0. The molecule has 0 atom stereocenters. The number of anilines is 1. The van der Waals surface area contributed by atoms with E-state index >= 15 is 0 Å². The number of thioether (sulfide) groups is 1. The van der Waals surface area contributed by atoms with Crippen LogP contribution in [-0.2, 0) is 11.2 Å². The molecule has 0 radical (unpaired) electrons.